The minimum atomic E-state index is -0.0428. The van der Waals surface area contributed by atoms with Gasteiger partial charge in [-0.1, -0.05) is 26.0 Å². The number of benzene rings is 1. The molecule has 0 atom stereocenters. The fourth-order valence-electron chi connectivity index (χ4n) is 4.16. The van der Waals surface area contributed by atoms with Gasteiger partial charge >= 0.3 is 0 Å². The summed E-state index contributed by atoms with van der Waals surface area (Å²) in [5, 5.41) is 7.06. The van der Waals surface area contributed by atoms with Crippen LogP contribution in [0.5, 0.6) is 0 Å². The van der Waals surface area contributed by atoms with Crippen molar-refractivity contribution in [2.24, 2.45) is 4.99 Å². The molecule has 5 aromatic rings. The van der Waals surface area contributed by atoms with Crippen LogP contribution in [0.25, 0.3) is 33.3 Å². The first-order valence-corrected chi connectivity index (χ1v) is 13.3. The molecule has 0 saturated heterocycles. The van der Waals surface area contributed by atoms with Crippen LogP contribution in [0.1, 0.15) is 43.6 Å². The third kappa shape index (κ3) is 5.20. The van der Waals surface area contributed by atoms with Crippen LogP contribution < -0.4 is 5.32 Å². The van der Waals surface area contributed by atoms with Gasteiger partial charge in [0.25, 0.3) is 0 Å². The summed E-state index contributed by atoms with van der Waals surface area (Å²) in [5.74, 6) is 0.675. The molecule has 4 heterocycles. The van der Waals surface area contributed by atoms with Crippen LogP contribution in [0.4, 0.5) is 5.69 Å². The number of carbonyl (C=O) groups is 1. The van der Waals surface area contributed by atoms with Crippen LogP contribution >= 0.6 is 11.3 Å². The number of aromatic nitrogens is 4. The summed E-state index contributed by atoms with van der Waals surface area (Å²) in [6.07, 6.45) is 8.47. The quantitative estimate of drug-likeness (QED) is 0.229. The van der Waals surface area contributed by atoms with Crippen LogP contribution in [0, 0.1) is 6.92 Å². The molecule has 1 aromatic carbocycles. The number of aromatic amines is 1. The van der Waals surface area contributed by atoms with Crippen molar-refractivity contribution in [1.82, 2.24) is 19.9 Å². The summed E-state index contributed by atoms with van der Waals surface area (Å²) in [4.78, 5) is 34.1. The maximum absolute atomic E-state index is 11.9. The fraction of sp³-hybridized carbons (Fsp3) is 0.207. The Morgan fingerprint density at radius 1 is 1.03 bits per heavy atom. The summed E-state index contributed by atoms with van der Waals surface area (Å²) in [6, 6.07) is 10.3. The van der Waals surface area contributed by atoms with E-state index in [0.717, 1.165) is 62.4 Å². The molecule has 0 aliphatic heterocycles. The predicted octanol–water partition coefficient (Wildman–Crippen LogP) is 6.65. The molecule has 7 nitrogen and oxygen atoms in total. The molecule has 37 heavy (non-hydrogen) atoms. The van der Waals surface area contributed by atoms with E-state index in [1.807, 2.05) is 25.4 Å². The molecule has 0 aliphatic rings. The molecule has 0 radical (unpaired) electrons. The van der Waals surface area contributed by atoms with E-state index < -0.39 is 0 Å². The molecule has 0 fully saturated rings. The molecule has 0 unspecified atom stereocenters. The third-order valence-electron chi connectivity index (χ3n) is 6.11. The molecule has 186 valence electrons. The molecule has 1 amide bonds. The second-order valence-electron chi connectivity index (χ2n) is 8.80. The molecule has 0 aliphatic carbocycles. The summed E-state index contributed by atoms with van der Waals surface area (Å²) in [7, 11) is 0. The van der Waals surface area contributed by atoms with Gasteiger partial charge in [0.05, 0.1) is 23.6 Å². The number of fused-ring (bicyclic) bond motifs is 1. The van der Waals surface area contributed by atoms with Crippen molar-refractivity contribution in [3.05, 3.63) is 82.8 Å². The number of aliphatic imine (C=N–C) groups is 1. The van der Waals surface area contributed by atoms with E-state index >= 15 is 0 Å². The normalized spacial score (nSPS) is 11.7. The van der Waals surface area contributed by atoms with Crippen molar-refractivity contribution < 1.29 is 4.79 Å². The number of aryl methyl sites for hydroxylation is 1. The maximum Gasteiger partial charge on any atom is 0.224 e. The molecule has 0 spiro atoms. The van der Waals surface area contributed by atoms with E-state index in [1.54, 1.807) is 23.7 Å². The molecule has 5 rings (SSSR count). The average molecular weight is 509 g/mol. The zero-order valence-corrected chi connectivity index (χ0v) is 21.9. The fourth-order valence-corrected chi connectivity index (χ4v) is 4.81. The number of hydrogen-bond donors (Lipinski definition) is 2. The minimum Gasteiger partial charge on any atom is -0.335 e. The van der Waals surface area contributed by atoms with E-state index in [2.05, 4.69) is 69.1 Å². The Morgan fingerprint density at radius 2 is 1.89 bits per heavy atom. The van der Waals surface area contributed by atoms with Crippen LogP contribution in [-0.2, 0) is 4.79 Å². The number of H-pyrrole nitrogens is 1. The zero-order chi connectivity index (χ0) is 25.8. The summed E-state index contributed by atoms with van der Waals surface area (Å²) >= 11 is 1.65. The number of nitrogens with zero attached hydrogens (tertiary/aromatic N) is 4. The topological polar surface area (TPSA) is 95.9 Å². The largest absolute Gasteiger partial charge is 0.335 e. The molecular formula is C29H28N6OS. The lowest BCUT2D eigenvalue weighted by molar-refractivity contribution is -0.115. The third-order valence-corrected chi connectivity index (χ3v) is 6.80. The van der Waals surface area contributed by atoms with Crippen molar-refractivity contribution in [3.8, 4) is 22.3 Å². The number of rotatable bonds is 8. The highest BCUT2D eigenvalue weighted by Crippen LogP contribution is 2.30. The SMILES string of the molecule is CCCN=C(c1nc2c(-c3ccsc3)cncc2[nH]1)c1cc(-c2cncc(NC(=O)CC)c2)ccc1C. The Bertz CT molecular complexity index is 1590. The standard InChI is InChI=1S/C29H28N6OS/c1-4-9-32-28(29-34-25-16-31-15-24(27(25)35-29)20-8-10-37-17-20)23-12-19(7-6-18(23)3)21-11-22(14-30-13-21)33-26(36)5-2/h6-8,10-17H,4-5,9H2,1-3H3,(H,33,36)(H,34,35). The Labute approximate surface area is 219 Å². The first-order chi connectivity index (χ1) is 18.1. The average Bonchev–Trinajstić information content (AvgIpc) is 3.60. The van der Waals surface area contributed by atoms with E-state index in [1.165, 1.54) is 0 Å². The van der Waals surface area contributed by atoms with Gasteiger partial charge in [0.15, 0.2) is 5.82 Å². The van der Waals surface area contributed by atoms with Crippen molar-refractivity contribution in [2.45, 2.75) is 33.6 Å². The Balaban J connectivity index is 1.59. The first-order valence-electron chi connectivity index (χ1n) is 12.3. The first kappa shape index (κ1) is 24.5. The number of hydrogen-bond acceptors (Lipinski definition) is 6. The second kappa shape index (κ2) is 10.8. The lowest BCUT2D eigenvalue weighted by atomic mass is 9.97. The van der Waals surface area contributed by atoms with Crippen LogP contribution in [0.15, 0.2) is 70.9 Å². The van der Waals surface area contributed by atoms with Crippen molar-refractivity contribution in [3.63, 3.8) is 0 Å². The van der Waals surface area contributed by atoms with E-state index in [-0.39, 0.29) is 5.91 Å². The summed E-state index contributed by atoms with van der Waals surface area (Å²) in [6.45, 7) is 6.71. The maximum atomic E-state index is 11.9. The molecule has 4 aromatic heterocycles. The van der Waals surface area contributed by atoms with Gasteiger partial charge in [-0.25, -0.2) is 4.98 Å². The van der Waals surface area contributed by atoms with Crippen LogP contribution in [0.2, 0.25) is 0 Å². The lowest BCUT2D eigenvalue weighted by Gasteiger charge is -2.12. The molecule has 0 bridgehead atoms. The Kier molecular flexibility index (Phi) is 7.18. The highest BCUT2D eigenvalue weighted by molar-refractivity contribution is 7.08. The van der Waals surface area contributed by atoms with Crippen molar-refractivity contribution in [1.29, 1.82) is 0 Å². The molecule has 2 N–H and O–H groups in total. The second-order valence-corrected chi connectivity index (χ2v) is 9.58. The predicted molar refractivity (Wildman–Crippen MR) is 151 cm³/mol. The van der Waals surface area contributed by atoms with Gasteiger partial charge < -0.3 is 10.3 Å². The van der Waals surface area contributed by atoms with Gasteiger partial charge in [0.1, 0.15) is 11.2 Å². The molecular weight excluding hydrogens is 480 g/mol. The van der Waals surface area contributed by atoms with Crippen LogP contribution in [-0.4, -0.2) is 38.1 Å². The van der Waals surface area contributed by atoms with E-state index in [4.69, 9.17) is 9.98 Å². The number of carbonyl (C=O) groups excluding carboxylic acids is 1. The van der Waals surface area contributed by atoms with Crippen LogP contribution in [0.3, 0.4) is 0 Å². The Morgan fingerprint density at radius 3 is 2.68 bits per heavy atom. The number of thiophene rings is 1. The highest BCUT2D eigenvalue weighted by atomic mass is 32.1. The van der Waals surface area contributed by atoms with Gasteiger partial charge in [-0.05, 0) is 59.0 Å². The van der Waals surface area contributed by atoms with E-state index in [0.29, 0.717) is 18.7 Å². The number of pyridine rings is 2. The van der Waals surface area contributed by atoms with Crippen molar-refractivity contribution in [2.75, 3.05) is 11.9 Å². The van der Waals surface area contributed by atoms with Crippen molar-refractivity contribution >= 4 is 39.7 Å². The lowest BCUT2D eigenvalue weighted by Crippen LogP contribution is -2.10. The number of amides is 1. The van der Waals surface area contributed by atoms with Gasteiger partial charge in [0.2, 0.25) is 5.91 Å². The summed E-state index contributed by atoms with van der Waals surface area (Å²) < 4.78 is 0. The minimum absolute atomic E-state index is 0.0428. The molecule has 0 saturated carbocycles. The Hall–Kier alpha value is -4.17. The molecule has 8 heteroatoms. The summed E-state index contributed by atoms with van der Waals surface area (Å²) in [5.41, 5.74) is 9.35. The van der Waals surface area contributed by atoms with Gasteiger partial charge in [-0.2, -0.15) is 11.3 Å². The smallest absolute Gasteiger partial charge is 0.224 e. The monoisotopic (exact) mass is 508 g/mol. The number of imidazole rings is 1. The number of anilines is 1. The van der Waals surface area contributed by atoms with Gasteiger partial charge in [0, 0.05) is 42.0 Å². The zero-order valence-electron chi connectivity index (χ0n) is 21.1. The highest BCUT2D eigenvalue weighted by Gasteiger charge is 2.18. The van der Waals surface area contributed by atoms with Gasteiger partial charge in [-0.15, -0.1) is 0 Å². The number of nitrogens with one attached hydrogen (secondary N) is 2. The van der Waals surface area contributed by atoms with E-state index in [9.17, 15) is 4.79 Å². The van der Waals surface area contributed by atoms with Gasteiger partial charge in [-0.3, -0.25) is 19.8 Å².